The third kappa shape index (κ3) is 4.98. The molecule has 26 heavy (non-hydrogen) atoms. The van der Waals surface area contributed by atoms with E-state index in [0.29, 0.717) is 37.4 Å². The number of rotatable bonds is 4. The van der Waals surface area contributed by atoms with Crippen molar-refractivity contribution in [3.8, 4) is 0 Å². The molecular formula is C19H30N2O4S. The molecule has 1 heterocycles. The van der Waals surface area contributed by atoms with Gasteiger partial charge in [0, 0.05) is 19.1 Å². The van der Waals surface area contributed by atoms with Gasteiger partial charge in [0.1, 0.15) is 0 Å². The number of aryl methyl sites for hydroxylation is 1. The fourth-order valence-electron chi connectivity index (χ4n) is 3.03. The lowest BCUT2D eigenvalue weighted by atomic mass is 9.87. The molecule has 1 aromatic carbocycles. The molecule has 2 rings (SSSR count). The Bertz CT molecular complexity index is 745. The molecule has 1 aliphatic heterocycles. The average Bonchev–Trinajstić information content (AvgIpc) is 2.54. The topological polar surface area (TPSA) is 75.7 Å². The van der Waals surface area contributed by atoms with Gasteiger partial charge in [-0.25, -0.2) is 17.9 Å². The molecule has 0 bridgehead atoms. The lowest BCUT2D eigenvalue weighted by molar-refractivity contribution is 0.0966. The van der Waals surface area contributed by atoms with Crippen molar-refractivity contribution in [1.82, 2.24) is 9.62 Å². The van der Waals surface area contributed by atoms with Gasteiger partial charge in [0.2, 0.25) is 10.0 Å². The summed E-state index contributed by atoms with van der Waals surface area (Å²) in [6.07, 6.45) is 0.828. The zero-order chi connectivity index (χ0) is 19.5. The summed E-state index contributed by atoms with van der Waals surface area (Å²) >= 11 is 0. The normalized spacial score (nSPS) is 16.6. The molecule has 146 valence electrons. The Morgan fingerprint density at radius 2 is 1.88 bits per heavy atom. The van der Waals surface area contributed by atoms with E-state index in [2.05, 4.69) is 25.5 Å². The molecule has 1 N–H and O–H groups in total. The van der Waals surface area contributed by atoms with Crippen LogP contribution in [-0.2, 0) is 20.2 Å². The highest BCUT2D eigenvalue weighted by atomic mass is 32.2. The molecule has 1 aliphatic rings. The molecule has 0 atom stereocenters. The first-order valence-corrected chi connectivity index (χ1v) is 10.6. The number of nitrogens with zero attached hydrogens (tertiary/aromatic N) is 1. The predicted octanol–water partition coefficient (Wildman–Crippen LogP) is 3.19. The number of hydrogen-bond donors (Lipinski definition) is 1. The van der Waals surface area contributed by atoms with Crippen LogP contribution in [0.3, 0.4) is 0 Å². The molecule has 0 aliphatic carbocycles. The second kappa shape index (κ2) is 7.96. The van der Waals surface area contributed by atoms with Crippen LogP contribution in [-0.4, -0.2) is 45.1 Å². The second-order valence-corrected chi connectivity index (χ2v) is 9.49. The van der Waals surface area contributed by atoms with Crippen LogP contribution in [0.25, 0.3) is 0 Å². The Balaban J connectivity index is 2.10. The number of carbonyl (C=O) groups excluding carboxylic acids is 1. The van der Waals surface area contributed by atoms with Gasteiger partial charge >= 0.3 is 6.09 Å². The number of sulfonamides is 1. The molecule has 1 saturated heterocycles. The number of benzene rings is 1. The van der Waals surface area contributed by atoms with E-state index in [0.717, 1.165) is 11.1 Å². The van der Waals surface area contributed by atoms with E-state index in [1.54, 1.807) is 17.9 Å². The lowest BCUT2D eigenvalue weighted by Crippen LogP contribution is -2.46. The minimum Gasteiger partial charge on any atom is -0.450 e. The number of likely N-dealkylation sites (tertiary alicyclic amines) is 1. The van der Waals surface area contributed by atoms with Gasteiger partial charge in [0.05, 0.1) is 11.5 Å². The van der Waals surface area contributed by atoms with Crippen LogP contribution in [0.5, 0.6) is 0 Å². The highest BCUT2D eigenvalue weighted by Gasteiger charge is 2.28. The first-order chi connectivity index (χ1) is 12.0. The van der Waals surface area contributed by atoms with E-state index in [4.69, 9.17) is 4.74 Å². The van der Waals surface area contributed by atoms with Crippen molar-refractivity contribution in [2.24, 2.45) is 0 Å². The number of ether oxygens (including phenoxy) is 1. The van der Waals surface area contributed by atoms with Gasteiger partial charge in [-0.15, -0.1) is 0 Å². The molecule has 0 spiro atoms. The van der Waals surface area contributed by atoms with Crippen LogP contribution in [0.15, 0.2) is 23.1 Å². The summed E-state index contributed by atoms with van der Waals surface area (Å²) in [4.78, 5) is 13.7. The summed E-state index contributed by atoms with van der Waals surface area (Å²) in [5, 5.41) is 0. The van der Waals surface area contributed by atoms with E-state index >= 15 is 0 Å². The summed E-state index contributed by atoms with van der Waals surface area (Å²) < 4.78 is 33.6. The van der Waals surface area contributed by atoms with Gasteiger partial charge in [0.25, 0.3) is 0 Å². The maximum atomic E-state index is 12.9. The molecule has 1 amide bonds. The Hall–Kier alpha value is -1.60. The zero-order valence-corrected chi connectivity index (χ0v) is 17.1. The van der Waals surface area contributed by atoms with Crippen molar-refractivity contribution >= 4 is 16.1 Å². The maximum absolute atomic E-state index is 12.9. The van der Waals surface area contributed by atoms with Gasteiger partial charge in [-0.1, -0.05) is 32.9 Å². The van der Waals surface area contributed by atoms with Crippen LogP contribution >= 0.6 is 0 Å². The number of carbonyl (C=O) groups is 1. The van der Waals surface area contributed by atoms with E-state index < -0.39 is 10.0 Å². The number of hydrogen-bond acceptors (Lipinski definition) is 4. The van der Waals surface area contributed by atoms with Crippen molar-refractivity contribution < 1.29 is 17.9 Å². The number of amides is 1. The first kappa shape index (κ1) is 20.7. The SMILES string of the molecule is CCOC(=O)N1CCC(NS(=O)(=O)c2cc(C(C)(C)C)ccc2C)CC1. The monoisotopic (exact) mass is 382 g/mol. The van der Waals surface area contributed by atoms with E-state index in [1.807, 2.05) is 19.1 Å². The Morgan fingerprint density at radius 1 is 1.27 bits per heavy atom. The smallest absolute Gasteiger partial charge is 0.409 e. The van der Waals surface area contributed by atoms with E-state index in [9.17, 15) is 13.2 Å². The van der Waals surface area contributed by atoms with Crippen LogP contribution in [0.1, 0.15) is 51.7 Å². The molecule has 6 nitrogen and oxygen atoms in total. The van der Waals surface area contributed by atoms with Crippen molar-refractivity contribution in [2.45, 2.75) is 63.8 Å². The van der Waals surface area contributed by atoms with Crippen LogP contribution in [0.2, 0.25) is 0 Å². The molecule has 0 radical (unpaired) electrons. The molecule has 0 aromatic heterocycles. The fraction of sp³-hybridized carbons (Fsp3) is 0.632. The van der Waals surface area contributed by atoms with Crippen molar-refractivity contribution in [3.05, 3.63) is 29.3 Å². The van der Waals surface area contributed by atoms with Gasteiger partial charge in [-0.2, -0.15) is 0 Å². The predicted molar refractivity (Wildman–Crippen MR) is 102 cm³/mol. The summed E-state index contributed by atoms with van der Waals surface area (Å²) in [6.45, 7) is 11.1. The van der Waals surface area contributed by atoms with Gasteiger partial charge < -0.3 is 9.64 Å². The fourth-order valence-corrected chi connectivity index (χ4v) is 4.61. The zero-order valence-electron chi connectivity index (χ0n) is 16.3. The van der Waals surface area contributed by atoms with Crippen molar-refractivity contribution in [3.63, 3.8) is 0 Å². The lowest BCUT2D eigenvalue weighted by Gasteiger charge is -2.31. The largest absolute Gasteiger partial charge is 0.450 e. The summed E-state index contributed by atoms with van der Waals surface area (Å²) in [7, 11) is -3.61. The third-order valence-corrected chi connectivity index (χ3v) is 6.35. The van der Waals surface area contributed by atoms with Crippen molar-refractivity contribution in [2.75, 3.05) is 19.7 Å². The summed E-state index contributed by atoms with van der Waals surface area (Å²) in [5.74, 6) is 0. The molecule has 7 heteroatoms. The summed E-state index contributed by atoms with van der Waals surface area (Å²) in [6, 6.07) is 5.43. The van der Waals surface area contributed by atoms with Gasteiger partial charge in [0.15, 0.2) is 0 Å². The second-order valence-electron chi connectivity index (χ2n) is 7.81. The maximum Gasteiger partial charge on any atom is 0.409 e. The number of nitrogens with one attached hydrogen (secondary N) is 1. The van der Waals surface area contributed by atoms with Crippen LogP contribution in [0, 0.1) is 6.92 Å². The van der Waals surface area contributed by atoms with Crippen LogP contribution < -0.4 is 4.72 Å². The molecular weight excluding hydrogens is 352 g/mol. The van der Waals surface area contributed by atoms with E-state index in [1.165, 1.54) is 0 Å². The quantitative estimate of drug-likeness (QED) is 0.868. The standard InChI is InChI=1S/C19H30N2O4S/c1-6-25-18(22)21-11-9-16(10-12-21)20-26(23,24)17-13-15(19(3,4)5)8-7-14(17)2/h7-8,13,16,20H,6,9-12H2,1-5H3. The minimum atomic E-state index is -3.61. The van der Waals surface area contributed by atoms with Crippen molar-refractivity contribution in [1.29, 1.82) is 0 Å². The molecule has 0 unspecified atom stereocenters. The Kier molecular flexibility index (Phi) is 6.34. The number of piperidine rings is 1. The minimum absolute atomic E-state index is 0.122. The van der Waals surface area contributed by atoms with Gasteiger partial charge in [-0.3, -0.25) is 0 Å². The molecule has 0 saturated carbocycles. The Labute approximate surface area is 157 Å². The Morgan fingerprint density at radius 3 is 2.42 bits per heavy atom. The van der Waals surface area contributed by atoms with Crippen LogP contribution in [0.4, 0.5) is 4.79 Å². The highest BCUT2D eigenvalue weighted by Crippen LogP contribution is 2.27. The molecule has 1 fully saturated rings. The van der Waals surface area contributed by atoms with E-state index in [-0.39, 0.29) is 17.6 Å². The third-order valence-electron chi connectivity index (χ3n) is 4.69. The first-order valence-electron chi connectivity index (χ1n) is 9.09. The summed E-state index contributed by atoms with van der Waals surface area (Å²) in [5.41, 5.74) is 1.60. The van der Waals surface area contributed by atoms with Gasteiger partial charge in [-0.05, 0) is 49.3 Å². The highest BCUT2D eigenvalue weighted by molar-refractivity contribution is 7.89. The average molecular weight is 383 g/mol. The molecule has 1 aromatic rings.